The van der Waals surface area contributed by atoms with Crippen LogP contribution in [0.5, 0.6) is 0 Å². The molecule has 1 saturated carbocycles. The highest BCUT2D eigenvalue weighted by Crippen LogP contribution is 2.38. The molecule has 0 unspecified atom stereocenters. The zero-order valence-corrected chi connectivity index (χ0v) is 14.0. The third-order valence-electron chi connectivity index (χ3n) is 5.39. The van der Waals surface area contributed by atoms with E-state index in [-0.39, 0.29) is 0 Å². The van der Waals surface area contributed by atoms with Gasteiger partial charge in [0.15, 0.2) is 0 Å². The van der Waals surface area contributed by atoms with Crippen molar-refractivity contribution in [1.29, 1.82) is 0 Å². The maximum absolute atomic E-state index is 4.88. The van der Waals surface area contributed by atoms with Crippen LogP contribution in [0.2, 0.25) is 0 Å². The molecule has 1 aromatic carbocycles. The molecule has 1 N–H and O–H groups in total. The first-order valence-electron chi connectivity index (χ1n) is 8.91. The Morgan fingerprint density at radius 3 is 3.00 bits per heavy atom. The molecule has 0 bridgehead atoms. The fourth-order valence-electron chi connectivity index (χ4n) is 3.81. The lowest BCUT2D eigenvalue weighted by molar-refractivity contribution is 0.241. The van der Waals surface area contributed by atoms with Gasteiger partial charge in [0.05, 0.1) is 5.69 Å². The maximum Gasteiger partial charge on any atom is 0.131 e. The van der Waals surface area contributed by atoms with Crippen molar-refractivity contribution < 1.29 is 0 Å². The highest BCUT2D eigenvalue weighted by molar-refractivity contribution is 5.84. The number of nitrogens with one attached hydrogen (secondary N) is 1. The van der Waals surface area contributed by atoms with Gasteiger partial charge in [-0.3, -0.25) is 4.90 Å². The molecule has 5 rings (SSSR count). The van der Waals surface area contributed by atoms with E-state index in [1.165, 1.54) is 46.3 Å². The summed E-state index contributed by atoms with van der Waals surface area (Å²) in [5, 5.41) is 1.35. The molecule has 1 aliphatic heterocycles. The van der Waals surface area contributed by atoms with Crippen LogP contribution in [0.1, 0.15) is 47.1 Å². The van der Waals surface area contributed by atoms with E-state index in [1.54, 1.807) is 0 Å². The Morgan fingerprint density at radius 2 is 2.12 bits per heavy atom. The van der Waals surface area contributed by atoms with Crippen molar-refractivity contribution in [3.63, 3.8) is 0 Å². The fourth-order valence-corrected chi connectivity index (χ4v) is 3.81. The molecule has 3 heterocycles. The van der Waals surface area contributed by atoms with Gasteiger partial charge in [-0.05, 0) is 43.4 Å². The Labute approximate surface area is 141 Å². The number of rotatable bonds is 3. The number of aromatic nitrogens is 3. The monoisotopic (exact) mass is 318 g/mol. The molecule has 2 aliphatic rings. The number of fused-ring (bicyclic) bond motifs is 2. The second-order valence-corrected chi connectivity index (χ2v) is 7.21. The van der Waals surface area contributed by atoms with Crippen LogP contribution in [0.25, 0.3) is 10.9 Å². The molecule has 0 radical (unpaired) electrons. The Morgan fingerprint density at radius 1 is 1.25 bits per heavy atom. The van der Waals surface area contributed by atoms with Crippen molar-refractivity contribution in [1.82, 2.24) is 19.9 Å². The number of aryl methyl sites for hydroxylation is 1. The summed E-state index contributed by atoms with van der Waals surface area (Å²) >= 11 is 0. The average Bonchev–Trinajstić information content (AvgIpc) is 3.40. The zero-order valence-electron chi connectivity index (χ0n) is 14.0. The third-order valence-corrected chi connectivity index (χ3v) is 5.39. The van der Waals surface area contributed by atoms with Gasteiger partial charge >= 0.3 is 0 Å². The van der Waals surface area contributed by atoms with Crippen molar-refractivity contribution in [2.75, 3.05) is 6.54 Å². The van der Waals surface area contributed by atoms with Gasteiger partial charge in [0, 0.05) is 48.3 Å². The van der Waals surface area contributed by atoms with E-state index >= 15 is 0 Å². The minimum absolute atomic E-state index is 0.626. The summed E-state index contributed by atoms with van der Waals surface area (Å²) in [5.41, 5.74) is 6.52. The highest BCUT2D eigenvalue weighted by Gasteiger charge is 2.28. The van der Waals surface area contributed by atoms with Gasteiger partial charge in [0.2, 0.25) is 0 Å². The number of nitrogens with zero attached hydrogens (tertiary/aromatic N) is 3. The van der Waals surface area contributed by atoms with E-state index in [0.717, 1.165) is 31.9 Å². The van der Waals surface area contributed by atoms with Crippen LogP contribution in [0.3, 0.4) is 0 Å². The molecule has 0 spiro atoms. The van der Waals surface area contributed by atoms with E-state index in [1.807, 2.05) is 0 Å². The summed E-state index contributed by atoms with van der Waals surface area (Å²) in [7, 11) is 0. The number of aromatic amines is 1. The van der Waals surface area contributed by atoms with Gasteiger partial charge < -0.3 is 4.98 Å². The summed E-state index contributed by atoms with van der Waals surface area (Å²) in [4.78, 5) is 15.5. The summed E-state index contributed by atoms with van der Waals surface area (Å²) in [6.45, 7) is 5.19. The predicted octanol–water partition coefficient (Wildman–Crippen LogP) is 3.70. The summed E-state index contributed by atoms with van der Waals surface area (Å²) < 4.78 is 0. The third kappa shape index (κ3) is 2.42. The number of benzene rings is 1. The molecular weight excluding hydrogens is 296 g/mol. The number of para-hydroxylation sites is 1. The normalized spacial score (nSPS) is 18.0. The van der Waals surface area contributed by atoms with E-state index in [4.69, 9.17) is 4.98 Å². The molecule has 4 heteroatoms. The Bertz CT molecular complexity index is 907. The molecule has 4 nitrogen and oxygen atoms in total. The van der Waals surface area contributed by atoms with Gasteiger partial charge in [0.1, 0.15) is 5.82 Å². The average molecular weight is 318 g/mol. The van der Waals surface area contributed by atoms with Gasteiger partial charge in [-0.2, -0.15) is 0 Å². The van der Waals surface area contributed by atoms with Crippen molar-refractivity contribution in [2.45, 2.75) is 45.2 Å². The predicted molar refractivity (Wildman–Crippen MR) is 94.9 cm³/mol. The van der Waals surface area contributed by atoms with Gasteiger partial charge in [-0.1, -0.05) is 18.2 Å². The molecule has 3 aromatic rings. The van der Waals surface area contributed by atoms with Crippen LogP contribution < -0.4 is 0 Å². The second-order valence-electron chi connectivity index (χ2n) is 7.21. The maximum atomic E-state index is 4.88. The molecule has 0 amide bonds. The van der Waals surface area contributed by atoms with Gasteiger partial charge in [-0.25, -0.2) is 9.97 Å². The minimum atomic E-state index is 0.626. The van der Waals surface area contributed by atoms with E-state index in [9.17, 15) is 0 Å². The fraction of sp³-hybridized carbons (Fsp3) is 0.400. The smallest absolute Gasteiger partial charge is 0.131 e. The summed E-state index contributed by atoms with van der Waals surface area (Å²) in [6, 6.07) is 8.60. The van der Waals surface area contributed by atoms with Crippen LogP contribution in [0.15, 0.2) is 30.5 Å². The van der Waals surface area contributed by atoms with Crippen LogP contribution in [-0.2, 0) is 19.5 Å². The highest BCUT2D eigenvalue weighted by atomic mass is 15.1. The Balaban J connectivity index is 1.42. The van der Waals surface area contributed by atoms with E-state index < -0.39 is 0 Å². The quantitative estimate of drug-likeness (QED) is 0.801. The Kier molecular flexibility index (Phi) is 3.20. The molecule has 0 atom stereocenters. The van der Waals surface area contributed by atoms with Crippen molar-refractivity contribution in [3.05, 3.63) is 58.8 Å². The largest absolute Gasteiger partial charge is 0.358 e. The van der Waals surface area contributed by atoms with E-state index in [2.05, 4.69) is 52.3 Å². The van der Waals surface area contributed by atoms with Crippen molar-refractivity contribution in [3.8, 4) is 0 Å². The number of hydrogen-bond acceptors (Lipinski definition) is 3. The number of H-pyrrole nitrogens is 1. The molecule has 2 aromatic heterocycles. The number of hydrogen-bond donors (Lipinski definition) is 1. The minimum Gasteiger partial charge on any atom is -0.358 e. The standard InChI is InChI=1S/C20H22N4/c1-13-17(16-4-2-3-5-18(16)22-13)11-24-9-8-15-10-21-20(14-6-7-14)23-19(15)12-24/h2-5,10,14,22H,6-9,11-12H2,1H3. The molecule has 0 saturated heterocycles. The van der Waals surface area contributed by atoms with Crippen molar-refractivity contribution in [2.24, 2.45) is 0 Å². The summed E-state index contributed by atoms with van der Waals surface area (Å²) in [5.74, 6) is 1.69. The molecular formula is C20H22N4. The lowest BCUT2D eigenvalue weighted by Crippen LogP contribution is -2.31. The first-order chi connectivity index (χ1) is 11.8. The van der Waals surface area contributed by atoms with Gasteiger partial charge in [-0.15, -0.1) is 0 Å². The SMILES string of the molecule is Cc1[nH]c2ccccc2c1CN1CCc2cnc(C3CC3)nc2C1. The van der Waals surface area contributed by atoms with Crippen molar-refractivity contribution >= 4 is 10.9 Å². The van der Waals surface area contributed by atoms with Crippen LogP contribution >= 0.6 is 0 Å². The lowest BCUT2D eigenvalue weighted by atomic mass is 10.0. The molecule has 1 aliphatic carbocycles. The molecule has 122 valence electrons. The first kappa shape index (κ1) is 14.2. The lowest BCUT2D eigenvalue weighted by Gasteiger charge is -2.28. The Hall–Kier alpha value is -2.20. The zero-order chi connectivity index (χ0) is 16.1. The topological polar surface area (TPSA) is 44.8 Å². The first-order valence-corrected chi connectivity index (χ1v) is 8.91. The summed E-state index contributed by atoms with van der Waals surface area (Å²) in [6.07, 6.45) is 5.65. The van der Waals surface area contributed by atoms with E-state index in [0.29, 0.717) is 5.92 Å². The van der Waals surface area contributed by atoms with Gasteiger partial charge in [0.25, 0.3) is 0 Å². The van der Waals surface area contributed by atoms with Crippen LogP contribution in [-0.4, -0.2) is 26.4 Å². The van der Waals surface area contributed by atoms with Crippen LogP contribution in [0, 0.1) is 6.92 Å². The molecule has 24 heavy (non-hydrogen) atoms. The van der Waals surface area contributed by atoms with Crippen LogP contribution in [0.4, 0.5) is 0 Å². The second kappa shape index (κ2) is 5.42. The molecule has 1 fully saturated rings.